The fourth-order valence-corrected chi connectivity index (χ4v) is 3.48. The predicted molar refractivity (Wildman–Crippen MR) is 110 cm³/mol. The van der Waals surface area contributed by atoms with Crippen molar-refractivity contribution in [1.29, 1.82) is 0 Å². The van der Waals surface area contributed by atoms with E-state index in [1.165, 1.54) is 0 Å². The number of pyridine rings is 1. The molecule has 138 valence electrons. The number of hydrogen-bond donors (Lipinski definition) is 2. The number of hydrogen-bond acceptors (Lipinski definition) is 4. The van der Waals surface area contributed by atoms with Gasteiger partial charge in [-0.2, -0.15) is 5.10 Å². The van der Waals surface area contributed by atoms with E-state index < -0.39 is 0 Å². The number of nitrogens with one attached hydrogen (secondary N) is 2. The molecule has 0 spiro atoms. The molecule has 1 unspecified atom stereocenters. The molecule has 0 amide bonds. The highest BCUT2D eigenvalue weighted by atomic mass is 16.5. The SMILES string of the molecule is C1=CNC(c2n[nH]c3ncc(-c4ccc(OCc5ccccc5)cc4)cc23)C1. The monoisotopic (exact) mass is 368 g/mol. The Labute approximate surface area is 163 Å². The van der Waals surface area contributed by atoms with Crippen molar-refractivity contribution < 1.29 is 4.74 Å². The molecule has 1 aliphatic rings. The van der Waals surface area contributed by atoms with Gasteiger partial charge in [-0.3, -0.25) is 5.10 Å². The molecular formula is C23H20N4O. The minimum Gasteiger partial charge on any atom is -0.489 e. The molecule has 3 heterocycles. The van der Waals surface area contributed by atoms with E-state index in [0.717, 1.165) is 45.6 Å². The molecule has 28 heavy (non-hydrogen) atoms. The summed E-state index contributed by atoms with van der Waals surface area (Å²) in [7, 11) is 0. The highest BCUT2D eigenvalue weighted by Gasteiger charge is 2.19. The van der Waals surface area contributed by atoms with E-state index >= 15 is 0 Å². The topological polar surface area (TPSA) is 62.8 Å². The third-order valence-electron chi connectivity index (χ3n) is 5.00. The fraction of sp³-hybridized carbons (Fsp3) is 0.130. The van der Waals surface area contributed by atoms with Crippen LogP contribution >= 0.6 is 0 Å². The number of aromatic amines is 1. The molecule has 0 fully saturated rings. The number of rotatable bonds is 5. The smallest absolute Gasteiger partial charge is 0.155 e. The zero-order valence-corrected chi connectivity index (χ0v) is 15.3. The zero-order valence-electron chi connectivity index (χ0n) is 15.3. The first-order chi connectivity index (χ1) is 13.9. The van der Waals surface area contributed by atoms with Gasteiger partial charge in [0.2, 0.25) is 0 Å². The number of H-pyrrole nitrogens is 1. The van der Waals surface area contributed by atoms with E-state index in [9.17, 15) is 0 Å². The van der Waals surface area contributed by atoms with Gasteiger partial charge < -0.3 is 10.1 Å². The summed E-state index contributed by atoms with van der Waals surface area (Å²) in [5.41, 5.74) is 5.15. The Bertz CT molecular complexity index is 1110. The van der Waals surface area contributed by atoms with Crippen molar-refractivity contribution in [2.75, 3.05) is 0 Å². The lowest BCUT2D eigenvalue weighted by molar-refractivity contribution is 0.306. The van der Waals surface area contributed by atoms with Gasteiger partial charge in [-0.1, -0.05) is 48.5 Å². The normalized spacial score (nSPS) is 15.6. The Hall–Kier alpha value is -3.60. The maximum absolute atomic E-state index is 5.88. The molecule has 5 nitrogen and oxygen atoms in total. The van der Waals surface area contributed by atoms with Gasteiger partial charge in [0.05, 0.1) is 11.7 Å². The first-order valence-corrected chi connectivity index (χ1v) is 9.39. The Balaban J connectivity index is 1.36. The summed E-state index contributed by atoms with van der Waals surface area (Å²) in [6, 6.07) is 20.7. The average molecular weight is 368 g/mol. The molecule has 2 N–H and O–H groups in total. The standard InChI is InChI=1S/C23H20N4O/c1-2-5-16(6-3-1)15-28-19-10-8-17(9-11-19)18-13-20-22(21-7-4-12-24-21)26-27-23(20)25-14-18/h1-6,8-14,21,24H,7,15H2,(H,25,26,27). The lowest BCUT2D eigenvalue weighted by Crippen LogP contribution is -2.10. The summed E-state index contributed by atoms with van der Waals surface area (Å²) >= 11 is 0. The van der Waals surface area contributed by atoms with Crippen LogP contribution in [0.15, 0.2) is 79.1 Å². The molecule has 0 saturated heterocycles. The Morgan fingerprint density at radius 2 is 1.86 bits per heavy atom. The van der Waals surface area contributed by atoms with Crippen LogP contribution in [0.5, 0.6) is 5.75 Å². The molecule has 0 radical (unpaired) electrons. The van der Waals surface area contributed by atoms with Crippen LogP contribution in [0.25, 0.3) is 22.2 Å². The van der Waals surface area contributed by atoms with Crippen LogP contribution in [0.3, 0.4) is 0 Å². The molecule has 1 aliphatic heterocycles. The number of ether oxygens (including phenoxy) is 1. The third-order valence-corrected chi connectivity index (χ3v) is 5.00. The lowest BCUT2D eigenvalue weighted by atomic mass is 10.0. The summed E-state index contributed by atoms with van der Waals surface area (Å²) < 4.78 is 5.88. The van der Waals surface area contributed by atoms with Crippen LogP contribution in [0, 0.1) is 0 Å². The molecule has 2 aromatic heterocycles. The first-order valence-electron chi connectivity index (χ1n) is 9.39. The second-order valence-electron chi connectivity index (χ2n) is 6.88. The molecule has 4 aromatic rings. The Kier molecular flexibility index (Phi) is 4.26. The number of fused-ring (bicyclic) bond motifs is 1. The first kappa shape index (κ1) is 16.6. The van der Waals surface area contributed by atoms with E-state index in [4.69, 9.17) is 4.74 Å². The quantitative estimate of drug-likeness (QED) is 0.533. The van der Waals surface area contributed by atoms with E-state index in [1.807, 2.05) is 42.7 Å². The van der Waals surface area contributed by atoms with Crippen molar-refractivity contribution in [1.82, 2.24) is 20.5 Å². The molecule has 0 aliphatic carbocycles. The highest BCUT2D eigenvalue weighted by Crippen LogP contribution is 2.30. The van der Waals surface area contributed by atoms with Crippen molar-refractivity contribution in [3.63, 3.8) is 0 Å². The molecule has 5 rings (SSSR count). The van der Waals surface area contributed by atoms with E-state index in [2.05, 4.69) is 56.9 Å². The van der Waals surface area contributed by atoms with Crippen LogP contribution in [0.4, 0.5) is 0 Å². The van der Waals surface area contributed by atoms with Gasteiger partial charge >= 0.3 is 0 Å². The largest absolute Gasteiger partial charge is 0.489 e. The van der Waals surface area contributed by atoms with Gasteiger partial charge in [-0.25, -0.2) is 4.98 Å². The second-order valence-corrected chi connectivity index (χ2v) is 6.88. The Morgan fingerprint density at radius 1 is 1.00 bits per heavy atom. The van der Waals surface area contributed by atoms with E-state index in [-0.39, 0.29) is 6.04 Å². The van der Waals surface area contributed by atoms with Crippen molar-refractivity contribution in [3.8, 4) is 16.9 Å². The Morgan fingerprint density at radius 3 is 2.64 bits per heavy atom. The van der Waals surface area contributed by atoms with E-state index in [1.54, 1.807) is 0 Å². The van der Waals surface area contributed by atoms with Gasteiger partial charge in [0.15, 0.2) is 5.65 Å². The number of aromatic nitrogens is 3. The van der Waals surface area contributed by atoms with Crippen LogP contribution < -0.4 is 10.1 Å². The zero-order chi connectivity index (χ0) is 18.8. The minimum atomic E-state index is 0.208. The van der Waals surface area contributed by atoms with Gasteiger partial charge in [-0.15, -0.1) is 0 Å². The molecule has 5 heteroatoms. The van der Waals surface area contributed by atoms with Crippen LogP contribution in [0.2, 0.25) is 0 Å². The van der Waals surface area contributed by atoms with Crippen LogP contribution in [-0.2, 0) is 6.61 Å². The predicted octanol–water partition coefficient (Wildman–Crippen LogP) is 4.75. The molecule has 2 aromatic carbocycles. The summed E-state index contributed by atoms with van der Waals surface area (Å²) in [6.45, 7) is 0.564. The van der Waals surface area contributed by atoms with E-state index in [0.29, 0.717) is 6.61 Å². The van der Waals surface area contributed by atoms with Crippen LogP contribution in [0.1, 0.15) is 23.7 Å². The van der Waals surface area contributed by atoms with Gasteiger partial charge in [0, 0.05) is 17.1 Å². The minimum absolute atomic E-state index is 0.208. The average Bonchev–Trinajstić information content (AvgIpc) is 3.42. The van der Waals surface area contributed by atoms with Crippen molar-refractivity contribution in [2.45, 2.75) is 19.1 Å². The second kappa shape index (κ2) is 7.19. The maximum Gasteiger partial charge on any atom is 0.155 e. The molecule has 1 atom stereocenters. The molecule has 0 bridgehead atoms. The van der Waals surface area contributed by atoms with Crippen molar-refractivity contribution in [2.24, 2.45) is 0 Å². The summed E-state index contributed by atoms with van der Waals surface area (Å²) in [5, 5.41) is 11.9. The van der Waals surface area contributed by atoms with Gasteiger partial charge in [-0.05, 0) is 41.9 Å². The van der Waals surface area contributed by atoms with Crippen molar-refractivity contribution >= 4 is 11.0 Å². The van der Waals surface area contributed by atoms with Crippen molar-refractivity contribution in [3.05, 3.63) is 90.4 Å². The van der Waals surface area contributed by atoms with Gasteiger partial charge in [0.25, 0.3) is 0 Å². The summed E-state index contributed by atoms with van der Waals surface area (Å²) in [6.07, 6.45) is 6.93. The summed E-state index contributed by atoms with van der Waals surface area (Å²) in [5.74, 6) is 0.854. The van der Waals surface area contributed by atoms with Crippen LogP contribution in [-0.4, -0.2) is 15.2 Å². The molecular weight excluding hydrogens is 348 g/mol. The summed E-state index contributed by atoms with van der Waals surface area (Å²) in [4.78, 5) is 4.55. The number of nitrogens with zero attached hydrogens (tertiary/aromatic N) is 2. The number of benzene rings is 2. The lowest BCUT2D eigenvalue weighted by Gasteiger charge is -2.09. The molecule has 0 saturated carbocycles. The third kappa shape index (κ3) is 3.22. The fourth-order valence-electron chi connectivity index (χ4n) is 3.48. The van der Waals surface area contributed by atoms with Gasteiger partial charge in [0.1, 0.15) is 12.4 Å². The highest BCUT2D eigenvalue weighted by molar-refractivity contribution is 5.83. The maximum atomic E-state index is 5.88.